The molecule has 2 aromatic carbocycles. The number of hydrogen-bond acceptors (Lipinski definition) is 3. The molecule has 4 nitrogen and oxygen atoms in total. The van der Waals surface area contributed by atoms with Crippen molar-refractivity contribution < 1.29 is 14.0 Å². The molecule has 4 rings (SSSR count). The Hall–Kier alpha value is -1.86. The summed E-state index contributed by atoms with van der Waals surface area (Å²) in [4.78, 5) is 26.7. The van der Waals surface area contributed by atoms with E-state index in [9.17, 15) is 14.0 Å². The zero-order valence-electron chi connectivity index (χ0n) is 14.5. The summed E-state index contributed by atoms with van der Waals surface area (Å²) in [5.41, 5.74) is 1.47. The first kappa shape index (κ1) is 18.5. The van der Waals surface area contributed by atoms with Crippen molar-refractivity contribution in [3.63, 3.8) is 0 Å². The Morgan fingerprint density at radius 2 is 2.00 bits per heavy atom. The third-order valence-electron chi connectivity index (χ3n) is 5.14. The zero-order valence-corrected chi connectivity index (χ0v) is 16.9. The molecular formula is C20H18BrFN2O2S. The summed E-state index contributed by atoms with van der Waals surface area (Å²) >= 11 is 5.08. The van der Waals surface area contributed by atoms with Crippen molar-refractivity contribution in [1.29, 1.82) is 0 Å². The highest BCUT2D eigenvalue weighted by Crippen LogP contribution is 2.54. The lowest BCUT2D eigenvalue weighted by atomic mass is 10.0. The number of carbonyl (C=O) groups is 2. The van der Waals surface area contributed by atoms with Gasteiger partial charge in [-0.2, -0.15) is 0 Å². The quantitative estimate of drug-likeness (QED) is 0.773. The topological polar surface area (TPSA) is 49.4 Å². The fourth-order valence-corrected chi connectivity index (χ4v) is 5.70. The monoisotopic (exact) mass is 448 g/mol. The Morgan fingerprint density at radius 1 is 1.26 bits per heavy atom. The van der Waals surface area contributed by atoms with E-state index in [-0.39, 0.29) is 24.2 Å². The molecule has 0 spiro atoms. The van der Waals surface area contributed by atoms with Crippen molar-refractivity contribution in [3.05, 3.63) is 69.9 Å². The molecule has 2 atom stereocenters. The van der Waals surface area contributed by atoms with Crippen molar-refractivity contribution in [2.45, 2.75) is 30.3 Å². The van der Waals surface area contributed by atoms with Gasteiger partial charge >= 0.3 is 0 Å². The SMILES string of the molecule is O=C(NCc1ccccc1F)[C@H]1CS[C@@]2(c3ccc(Br)cc3)CCC(=O)N12. The van der Waals surface area contributed by atoms with E-state index < -0.39 is 10.9 Å². The molecule has 0 unspecified atom stereocenters. The summed E-state index contributed by atoms with van der Waals surface area (Å²) in [5, 5.41) is 2.80. The number of rotatable bonds is 4. The first-order chi connectivity index (χ1) is 13.0. The second-order valence-electron chi connectivity index (χ2n) is 6.69. The standard InChI is InChI=1S/C20H18BrFN2O2S/c21-15-7-5-14(6-8-15)20-10-9-18(25)24(20)17(12-27-20)19(26)23-11-13-3-1-2-4-16(13)22/h1-8,17H,9-12H2,(H,23,26)/t17-,20-/m1/s1. The van der Waals surface area contributed by atoms with Crippen LogP contribution in [0.4, 0.5) is 4.39 Å². The average molecular weight is 449 g/mol. The van der Waals surface area contributed by atoms with Crippen LogP contribution < -0.4 is 5.32 Å². The zero-order chi connectivity index (χ0) is 19.0. The summed E-state index contributed by atoms with van der Waals surface area (Å²) < 4.78 is 14.8. The van der Waals surface area contributed by atoms with Crippen LogP contribution >= 0.6 is 27.7 Å². The predicted molar refractivity (Wildman–Crippen MR) is 106 cm³/mol. The molecule has 140 valence electrons. The number of benzene rings is 2. The molecule has 2 amide bonds. The van der Waals surface area contributed by atoms with Gasteiger partial charge in [0, 0.05) is 28.8 Å². The third kappa shape index (κ3) is 3.27. The molecule has 2 fully saturated rings. The van der Waals surface area contributed by atoms with E-state index in [2.05, 4.69) is 21.2 Å². The van der Waals surface area contributed by atoms with E-state index in [1.807, 2.05) is 24.3 Å². The highest BCUT2D eigenvalue weighted by molar-refractivity contribution is 9.10. The molecule has 0 bridgehead atoms. The van der Waals surface area contributed by atoms with Gasteiger partial charge < -0.3 is 10.2 Å². The second-order valence-corrected chi connectivity index (χ2v) is 8.90. The molecule has 2 aromatic rings. The minimum Gasteiger partial charge on any atom is -0.350 e. The van der Waals surface area contributed by atoms with Gasteiger partial charge in [-0.25, -0.2) is 4.39 Å². The van der Waals surface area contributed by atoms with Crippen molar-refractivity contribution in [2.24, 2.45) is 0 Å². The summed E-state index contributed by atoms with van der Waals surface area (Å²) in [6.45, 7) is 0.111. The van der Waals surface area contributed by atoms with Gasteiger partial charge in [-0.05, 0) is 30.2 Å². The van der Waals surface area contributed by atoms with Gasteiger partial charge in [-0.15, -0.1) is 11.8 Å². The smallest absolute Gasteiger partial charge is 0.244 e. The fraction of sp³-hybridized carbons (Fsp3) is 0.300. The Labute approximate surface area is 169 Å². The van der Waals surface area contributed by atoms with Crippen molar-refractivity contribution >= 4 is 39.5 Å². The minimum absolute atomic E-state index is 0.00559. The fourth-order valence-electron chi connectivity index (χ4n) is 3.79. The number of halogens is 2. The van der Waals surface area contributed by atoms with Gasteiger partial charge in [0.15, 0.2) is 0 Å². The van der Waals surface area contributed by atoms with Crippen LogP contribution in [0.3, 0.4) is 0 Å². The van der Waals surface area contributed by atoms with E-state index in [0.717, 1.165) is 10.0 Å². The van der Waals surface area contributed by atoms with Gasteiger partial charge in [0.25, 0.3) is 0 Å². The molecule has 0 saturated carbocycles. The minimum atomic E-state index is -0.541. The highest BCUT2D eigenvalue weighted by Gasteiger charge is 2.56. The van der Waals surface area contributed by atoms with Crippen LogP contribution in [0.2, 0.25) is 0 Å². The van der Waals surface area contributed by atoms with Crippen LogP contribution in [0, 0.1) is 5.82 Å². The van der Waals surface area contributed by atoms with Crippen LogP contribution in [0.5, 0.6) is 0 Å². The number of nitrogens with one attached hydrogen (secondary N) is 1. The maximum absolute atomic E-state index is 13.8. The molecule has 2 heterocycles. The second kappa shape index (κ2) is 7.28. The molecule has 0 aromatic heterocycles. The van der Waals surface area contributed by atoms with Gasteiger partial charge in [-0.1, -0.05) is 46.3 Å². The van der Waals surface area contributed by atoms with E-state index in [4.69, 9.17) is 0 Å². The van der Waals surface area contributed by atoms with Crippen LogP contribution in [0.25, 0.3) is 0 Å². The lowest BCUT2D eigenvalue weighted by Crippen LogP contribution is -2.49. The van der Waals surface area contributed by atoms with E-state index >= 15 is 0 Å². The Kier molecular flexibility index (Phi) is 4.99. The van der Waals surface area contributed by atoms with Crippen molar-refractivity contribution in [2.75, 3.05) is 5.75 Å². The van der Waals surface area contributed by atoms with Gasteiger partial charge in [0.05, 0.1) is 0 Å². The predicted octanol–water partition coefficient (Wildman–Crippen LogP) is 3.80. The molecule has 2 aliphatic heterocycles. The number of nitrogens with zero attached hydrogens (tertiary/aromatic N) is 1. The summed E-state index contributed by atoms with van der Waals surface area (Å²) in [6, 6.07) is 13.7. The van der Waals surface area contributed by atoms with Crippen LogP contribution in [-0.2, 0) is 21.0 Å². The lowest BCUT2D eigenvalue weighted by molar-refractivity contribution is -0.138. The Morgan fingerprint density at radius 3 is 2.74 bits per heavy atom. The third-order valence-corrected chi connectivity index (χ3v) is 7.26. The van der Waals surface area contributed by atoms with Gasteiger partial charge in [0.1, 0.15) is 16.7 Å². The Bertz CT molecular complexity index is 892. The van der Waals surface area contributed by atoms with Gasteiger partial charge in [-0.3, -0.25) is 9.59 Å². The largest absolute Gasteiger partial charge is 0.350 e. The first-order valence-corrected chi connectivity index (χ1v) is 10.5. The first-order valence-electron chi connectivity index (χ1n) is 8.74. The molecule has 0 radical (unpaired) electrons. The summed E-state index contributed by atoms with van der Waals surface area (Å²) in [6.07, 6.45) is 1.12. The highest BCUT2D eigenvalue weighted by atomic mass is 79.9. The summed E-state index contributed by atoms with van der Waals surface area (Å²) in [5.74, 6) is -0.0562. The van der Waals surface area contributed by atoms with Crippen LogP contribution in [0.1, 0.15) is 24.0 Å². The van der Waals surface area contributed by atoms with Crippen LogP contribution in [-0.4, -0.2) is 28.5 Å². The number of fused-ring (bicyclic) bond motifs is 1. The number of carbonyl (C=O) groups excluding carboxylic acids is 2. The van der Waals surface area contributed by atoms with E-state index in [0.29, 0.717) is 24.2 Å². The van der Waals surface area contributed by atoms with Crippen LogP contribution in [0.15, 0.2) is 53.0 Å². The molecule has 0 aliphatic carbocycles. The number of thioether (sulfide) groups is 1. The number of hydrogen-bond donors (Lipinski definition) is 1. The van der Waals surface area contributed by atoms with Gasteiger partial charge in [0.2, 0.25) is 11.8 Å². The Balaban J connectivity index is 1.54. The maximum atomic E-state index is 13.8. The molecule has 7 heteroatoms. The number of amides is 2. The van der Waals surface area contributed by atoms with E-state index in [1.165, 1.54) is 6.07 Å². The lowest BCUT2D eigenvalue weighted by Gasteiger charge is -2.34. The normalized spacial score (nSPS) is 24.1. The van der Waals surface area contributed by atoms with Crippen molar-refractivity contribution in [1.82, 2.24) is 10.2 Å². The molecule has 2 aliphatic rings. The average Bonchev–Trinajstić information content (AvgIpc) is 3.21. The molecule has 27 heavy (non-hydrogen) atoms. The van der Waals surface area contributed by atoms with Crippen molar-refractivity contribution in [3.8, 4) is 0 Å². The molecule has 2 saturated heterocycles. The molecular weight excluding hydrogens is 431 g/mol. The molecule has 1 N–H and O–H groups in total. The van der Waals surface area contributed by atoms with E-state index in [1.54, 1.807) is 34.9 Å². The summed E-state index contributed by atoms with van der Waals surface area (Å²) in [7, 11) is 0. The maximum Gasteiger partial charge on any atom is 0.244 e.